The van der Waals surface area contributed by atoms with Crippen molar-refractivity contribution in [1.29, 1.82) is 0 Å². The molecule has 5 N–H and O–H groups in total. The zero-order valence-electron chi connectivity index (χ0n) is 16.0. The van der Waals surface area contributed by atoms with Crippen molar-refractivity contribution in [2.24, 2.45) is 11.1 Å². The van der Waals surface area contributed by atoms with Gasteiger partial charge in [0.2, 0.25) is 5.91 Å². The Morgan fingerprint density at radius 2 is 1.81 bits per heavy atom. The maximum atomic E-state index is 12.7. The van der Waals surface area contributed by atoms with Crippen LogP contribution < -0.4 is 21.7 Å². The highest BCUT2D eigenvalue weighted by molar-refractivity contribution is 5.87. The number of rotatable bonds is 5. The van der Waals surface area contributed by atoms with Crippen molar-refractivity contribution in [2.75, 3.05) is 0 Å². The standard InChI is InChI=1S/C20H32N4O2/c1-20(2,3)17(18(25)22-13-14-9-5-4-6-10-14)24-19(26)23-16-12-8-7-11-15(16)21/h4-6,9-10,15-17H,7-8,11-13,21H2,1-3H3,(H,22,25)(H2,23,24,26)/t15-,16-,17-/m1/s1. The van der Waals surface area contributed by atoms with E-state index in [1.165, 1.54) is 0 Å². The lowest BCUT2D eigenvalue weighted by Crippen LogP contribution is -2.59. The summed E-state index contributed by atoms with van der Waals surface area (Å²) in [5.41, 5.74) is 6.70. The smallest absolute Gasteiger partial charge is 0.315 e. The molecule has 3 amide bonds. The van der Waals surface area contributed by atoms with Gasteiger partial charge in [0.25, 0.3) is 0 Å². The van der Waals surface area contributed by atoms with E-state index in [1.54, 1.807) is 0 Å². The van der Waals surface area contributed by atoms with E-state index in [9.17, 15) is 9.59 Å². The number of benzene rings is 1. The van der Waals surface area contributed by atoms with E-state index in [1.807, 2.05) is 51.1 Å². The van der Waals surface area contributed by atoms with Gasteiger partial charge < -0.3 is 21.7 Å². The largest absolute Gasteiger partial charge is 0.350 e. The number of urea groups is 1. The quantitative estimate of drug-likeness (QED) is 0.649. The molecule has 0 spiro atoms. The predicted molar refractivity (Wildman–Crippen MR) is 103 cm³/mol. The Balaban J connectivity index is 1.93. The molecule has 0 saturated heterocycles. The van der Waals surface area contributed by atoms with Crippen molar-refractivity contribution >= 4 is 11.9 Å². The van der Waals surface area contributed by atoms with Crippen molar-refractivity contribution in [1.82, 2.24) is 16.0 Å². The first-order chi connectivity index (χ1) is 12.3. The normalized spacial score (nSPS) is 21.5. The molecule has 144 valence electrons. The van der Waals surface area contributed by atoms with Gasteiger partial charge in [-0.05, 0) is 23.8 Å². The monoisotopic (exact) mass is 360 g/mol. The van der Waals surface area contributed by atoms with Crippen LogP contribution >= 0.6 is 0 Å². The number of carbonyl (C=O) groups is 2. The van der Waals surface area contributed by atoms with Gasteiger partial charge in [0.05, 0.1) is 0 Å². The molecular formula is C20H32N4O2. The van der Waals surface area contributed by atoms with Gasteiger partial charge in [0.1, 0.15) is 6.04 Å². The Morgan fingerprint density at radius 1 is 1.15 bits per heavy atom. The summed E-state index contributed by atoms with van der Waals surface area (Å²) < 4.78 is 0. The number of nitrogens with two attached hydrogens (primary N) is 1. The summed E-state index contributed by atoms with van der Waals surface area (Å²) in [6.45, 7) is 6.24. The minimum Gasteiger partial charge on any atom is -0.350 e. The van der Waals surface area contributed by atoms with Crippen molar-refractivity contribution in [3.8, 4) is 0 Å². The maximum absolute atomic E-state index is 12.7. The molecule has 1 aromatic carbocycles. The van der Waals surface area contributed by atoms with E-state index in [0.29, 0.717) is 6.54 Å². The number of nitrogens with one attached hydrogen (secondary N) is 3. The van der Waals surface area contributed by atoms with Crippen LogP contribution in [0, 0.1) is 5.41 Å². The number of carbonyl (C=O) groups excluding carboxylic acids is 2. The fourth-order valence-electron chi connectivity index (χ4n) is 3.24. The second kappa shape index (κ2) is 9.03. The van der Waals surface area contributed by atoms with E-state index < -0.39 is 11.5 Å². The molecule has 0 unspecified atom stereocenters. The Bertz CT molecular complexity index is 598. The molecule has 0 aliphatic heterocycles. The van der Waals surface area contributed by atoms with Gasteiger partial charge in [0.15, 0.2) is 0 Å². The van der Waals surface area contributed by atoms with Crippen LogP contribution in [0.3, 0.4) is 0 Å². The summed E-state index contributed by atoms with van der Waals surface area (Å²) in [6.07, 6.45) is 3.98. The predicted octanol–water partition coefficient (Wildman–Crippen LogP) is 2.29. The highest BCUT2D eigenvalue weighted by Gasteiger charge is 2.33. The van der Waals surface area contributed by atoms with Gasteiger partial charge in [-0.15, -0.1) is 0 Å². The lowest BCUT2D eigenvalue weighted by atomic mass is 9.86. The Morgan fingerprint density at radius 3 is 2.42 bits per heavy atom. The van der Waals surface area contributed by atoms with E-state index >= 15 is 0 Å². The average Bonchev–Trinajstić information content (AvgIpc) is 2.59. The summed E-state index contributed by atoms with van der Waals surface area (Å²) in [5, 5.41) is 8.71. The van der Waals surface area contributed by atoms with Gasteiger partial charge in [-0.2, -0.15) is 0 Å². The molecule has 0 radical (unpaired) electrons. The summed E-state index contributed by atoms with van der Waals surface area (Å²) in [6, 6.07) is 8.70. The minimum absolute atomic E-state index is 0.0190. The molecule has 2 rings (SSSR count). The molecule has 0 heterocycles. The van der Waals surface area contributed by atoms with Crippen LogP contribution in [0.2, 0.25) is 0 Å². The van der Waals surface area contributed by atoms with Crippen LogP contribution in [0.25, 0.3) is 0 Å². The second-order valence-electron chi connectivity index (χ2n) is 8.18. The maximum Gasteiger partial charge on any atom is 0.315 e. The molecular weight excluding hydrogens is 328 g/mol. The Kier molecular flexibility index (Phi) is 7.03. The van der Waals surface area contributed by atoms with E-state index in [2.05, 4.69) is 16.0 Å². The van der Waals surface area contributed by atoms with Crippen LogP contribution in [0.4, 0.5) is 4.79 Å². The third kappa shape index (κ3) is 6.02. The summed E-state index contributed by atoms with van der Waals surface area (Å²) in [5.74, 6) is -0.190. The fourth-order valence-corrected chi connectivity index (χ4v) is 3.24. The van der Waals surface area contributed by atoms with Crippen LogP contribution in [0.15, 0.2) is 30.3 Å². The summed E-state index contributed by atoms with van der Waals surface area (Å²) >= 11 is 0. The Hall–Kier alpha value is -2.08. The minimum atomic E-state index is -0.633. The van der Waals surface area contributed by atoms with E-state index in [0.717, 1.165) is 31.2 Å². The second-order valence-corrected chi connectivity index (χ2v) is 8.18. The van der Waals surface area contributed by atoms with Crippen LogP contribution in [0.5, 0.6) is 0 Å². The molecule has 0 bridgehead atoms. The first-order valence-electron chi connectivity index (χ1n) is 9.41. The highest BCUT2D eigenvalue weighted by atomic mass is 16.2. The lowest BCUT2D eigenvalue weighted by molar-refractivity contribution is -0.125. The number of hydrogen-bond donors (Lipinski definition) is 4. The molecule has 3 atom stereocenters. The van der Waals surface area contributed by atoms with Gasteiger partial charge in [-0.1, -0.05) is 63.9 Å². The highest BCUT2D eigenvalue weighted by Crippen LogP contribution is 2.20. The van der Waals surface area contributed by atoms with Crippen molar-refractivity contribution < 1.29 is 9.59 Å². The zero-order chi connectivity index (χ0) is 19.2. The first kappa shape index (κ1) is 20.2. The summed E-state index contributed by atoms with van der Waals surface area (Å²) in [4.78, 5) is 25.1. The molecule has 1 saturated carbocycles. The van der Waals surface area contributed by atoms with Crippen LogP contribution in [0.1, 0.15) is 52.0 Å². The third-order valence-corrected chi connectivity index (χ3v) is 4.85. The lowest BCUT2D eigenvalue weighted by Gasteiger charge is -2.33. The first-order valence-corrected chi connectivity index (χ1v) is 9.41. The topological polar surface area (TPSA) is 96.2 Å². The van der Waals surface area contributed by atoms with Crippen molar-refractivity contribution in [3.05, 3.63) is 35.9 Å². The van der Waals surface area contributed by atoms with Gasteiger partial charge >= 0.3 is 6.03 Å². The van der Waals surface area contributed by atoms with Crippen molar-refractivity contribution in [3.63, 3.8) is 0 Å². The molecule has 26 heavy (non-hydrogen) atoms. The fraction of sp³-hybridized carbons (Fsp3) is 0.600. The Labute approximate surface area is 156 Å². The van der Waals surface area contributed by atoms with E-state index in [4.69, 9.17) is 5.73 Å². The van der Waals surface area contributed by atoms with E-state index in [-0.39, 0.29) is 24.0 Å². The van der Waals surface area contributed by atoms with Gasteiger partial charge in [0, 0.05) is 18.6 Å². The molecule has 6 heteroatoms. The molecule has 1 aliphatic carbocycles. The molecule has 1 fully saturated rings. The molecule has 1 aromatic rings. The van der Waals surface area contributed by atoms with Crippen LogP contribution in [-0.4, -0.2) is 30.1 Å². The number of hydrogen-bond acceptors (Lipinski definition) is 3. The van der Waals surface area contributed by atoms with Gasteiger partial charge in [-0.3, -0.25) is 4.79 Å². The molecule has 6 nitrogen and oxygen atoms in total. The molecule has 0 aromatic heterocycles. The average molecular weight is 361 g/mol. The third-order valence-electron chi connectivity index (χ3n) is 4.85. The van der Waals surface area contributed by atoms with Gasteiger partial charge in [-0.25, -0.2) is 4.79 Å². The number of amides is 3. The van der Waals surface area contributed by atoms with Crippen molar-refractivity contribution in [2.45, 2.75) is 71.1 Å². The SMILES string of the molecule is CC(C)(C)[C@H](NC(=O)N[C@@H]1CCCC[C@H]1N)C(=O)NCc1ccccc1. The van der Waals surface area contributed by atoms with Crippen LogP contribution in [-0.2, 0) is 11.3 Å². The zero-order valence-corrected chi connectivity index (χ0v) is 16.0. The summed E-state index contributed by atoms with van der Waals surface area (Å²) in [7, 11) is 0. The molecule has 1 aliphatic rings.